The molecule has 0 heterocycles. The van der Waals surface area contributed by atoms with E-state index in [0.29, 0.717) is 37.8 Å². The number of nitrogens with zero attached hydrogens (tertiary/aromatic N) is 4. The van der Waals surface area contributed by atoms with E-state index in [1.165, 1.54) is 17.1 Å². The fourth-order valence-corrected chi connectivity index (χ4v) is 2.76. The van der Waals surface area contributed by atoms with E-state index in [2.05, 4.69) is 67.2 Å². The van der Waals surface area contributed by atoms with Crippen molar-refractivity contribution in [1.82, 2.24) is 4.90 Å². The van der Waals surface area contributed by atoms with E-state index in [-0.39, 0.29) is 0 Å². The first kappa shape index (κ1) is 24.0. The summed E-state index contributed by atoms with van der Waals surface area (Å²) in [6.45, 7) is 21.8. The highest BCUT2D eigenvalue weighted by Gasteiger charge is 2.06. The number of hydrogen-bond donors (Lipinski definition) is 0. The summed E-state index contributed by atoms with van der Waals surface area (Å²) in [5, 5.41) is 0. The van der Waals surface area contributed by atoms with Gasteiger partial charge in [-0.15, -0.1) is 0 Å². The highest BCUT2D eigenvalue weighted by atomic mass is 15.3. The average Bonchev–Trinajstić information content (AvgIpc) is 2.44. The monoisotopic (exact) mass is 350 g/mol. The molecule has 0 aromatic rings. The van der Waals surface area contributed by atoms with E-state index in [9.17, 15) is 0 Å². The molecule has 4 heteroatoms. The van der Waals surface area contributed by atoms with E-state index in [4.69, 9.17) is 15.0 Å². The Kier molecular flexibility index (Phi) is 12.7. The van der Waals surface area contributed by atoms with Gasteiger partial charge < -0.3 is 0 Å². The normalized spacial score (nSPS) is 14.5. The lowest BCUT2D eigenvalue weighted by Crippen LogP contribution is -2.26. The van der Waals surface area contributed by atoms with Crippen molar-refractivity contribution in [2.24, 2.45) is 32.7 Å². The van der Waals surface area contributed by atoms with Crippen LogP contribution in [0.2, 0.25) is 0 Å². The Hall–Kier alpha value is -1.03. The predicted octanol–water partition coefficient (Wildman–Crippen LogP) is 5.68. The molecule has 146 valence electrons. The molecule has 0 aromatic heterocycles. The summed E-state index contributed by atoms with van der Waals surface area (Å²) in [5.41, 5.74) is 3.64. The fraction of sp³-hybridized carbons (Fsp3) is 0.857. The maximum Gasteiger partial charge on any atom is 0.0938 e. The first-order valence-electron chi connectivity index (χ1n) is 9.82. The van der Waals surface area contributed by atoms with Crippen LogP contribution in [0.25, 0.3) is 0 Å². The third kappa shape index (κ3) is 15.0. The lowest BCUT2D eigenvalue weighted by Gasteiger charge is -2.18. The van der Waals surface area contributed by atoms with Crippen molar-refractivity contribution in [2.75, 3.05) is 20.0 Å². The quantitative estimate of drug-likeness (QED) is 0.417. The van der Waals surface area contributed by atoms with Crippen LogP contribution in [0, 0.1) is 17.8 Å². The Bertz CT molecular complexity index is 378. The molecule has 0 fully saturated rings. The summed E-state index contributed by atoms with van der Waals surface area (Å²) >= 11 is 0. The van der Waals surface area contributed by atoms with Gasteiger partial charge in [-0.05, 0) is 57.8 Å². The Morgan fingerprint density at radius 1 is 0.560 bits per heavy atom. The van der Waals surface area contributed by atoms with Gasteiger partial charge in [0.25, 0.3) is 0 Å². The van der Waals surface area contributed by atoms with E-state index in [1.807, 2.05) is 0 Å². The second-order valence-electron chi connectivity index (χ2n) is 8.57. The lowest BCUT2D eigenvalue weighted by atomic mass is 10.1. The van der Waals surface area contributed by atoms with Gasteiger partial charge >= 0.3 is 0 Å². The molecule has 0 radical (unpaired) electrons. The smallest absolute Gasteiger partial charge is 0.0938 e. The summed E-state index contributed by atoms with van der Waals surface area (Å²) in [7, 11) is 0. The zero-order valence-electron chi connectivity index (χ0n) is 18.3. The van der Waals surface area contributed by atoms with Crippen molar-refractivity contribution in [1.29, 1.82) is 0 Å². The molecule has 0 N–H and O–H groups in total. The van der Waals surface area contributed by atoms with Crippen molar-refractivity contribution >= 4 is 17.1 Å². The van der Waals surface area contributed by atoms with Crippen molar-refractivity contribution in [3.63, 3.8) is 0 Å². The van der Waals surface area contributed by atoms with Crippen LogP contribution in [0.5, 0.6) is 0 Å². The van der Waals surface area contributed by atoms with Gasteiger partial charge in [-0.1, -0.05) is 41.5 Å². The summed E-state index contributed by atoms with van der Waals surface area (Å²) < 4.78 is 0. The van der Waals surface area contributed by atoms with E-state index >= 15 is 0 Å². The molecule has 0 rings (SSSR count). The Morgan fingerprint density at radius 3 is 1.00 bits per heavy atom. The molecule has 4 nitrogen and oxygen atoms in total. The van der Waals surface area contributed by atoms with Crippen LogP contribution >= 0.6 is 0 Å². The molecule has 0 amide bonds. The van der Waals surface area contributed by atoms with Gasteiger partial charge in [0.2, 0.25) is 0 Å². The summed E-state index contributed by atoms with van der Waals surface area (Å²) in [6.07, 6.45) is 3.16. The summed E-state index contributed by atoms with van der Waals surface area (Å²) in [5.74, 6) is 1.94. The van der Waals surface area contributed by atoms with Crippen LogP contribution in [0.3, 0.4) is 0 Å². The highest BCUT2D eigenvalue weighted by Crippen LogP contribution is 2.05. The lowest BCUT2D eigenvalue weighted by molar-refractivity contribution is 0.301. The van der Waals surface area contributed by atoms with E-state index < -0.39 is 0 Å². The third-order valence-corrected chi connectivity index (χ3v) is 3.73. The van der Waals surface area contributed by atoms with E-state index in [0.717, 1.165) is 19.3 Å². The van der Waals surface area contributed by atoms with Crippen LogP contribution in [0.4, 0.5) is 0 Å². The van der Waals surface area contributed by atoms with Gasteiger partial charge in [-0.2, -0.15) is 0 Å². The number of aliphatic imine (C=N–C) groups is 3. The molecule has 0 unspecified atom stereocenters. The van der Waals surface area contributed by atoms with Crippen LogP contribution in [-0.2, 0) is 0 Å². The zero-order chi connectivity index (χ0) is 19.4. The van der Waals surface area contributed by atoms with Gasteiger partial charge in [0.15, 0.2) is 0 Å². The average molecular weight is 351 g/mol. The number of rotatable bonds is 12. The topological polar surface area (TPSA) is 40.3 Å². The van der Waals surface area contributed by atoms with Gasteiger partial charge in [-0.25, -0.2) is 4.90 Å². The fourth-order valence-electron chi connectivity index (χ4n) is 2.76. The minimum Gasteiger partial charge on any atom is -0.279 e. The van der Waals surface area contributed by atoms with Crippen LogP contribution in [-0.4, -0.2) is 42.0 Å². The van der Waals surface area contributed by atoms with Crippen molar-refractivity contribution in [3.8, 4) is 0 Å². The Morgan fingerprint density at radius 2 is 0.800 bits per heavy atom. The molecule has 0 spiro atoms. The molecule has 0 saturated heterocycles. The minimum atomic E-state index is 0.648. The SMILES string of the molecule is CC(CC(C)C)=NCN(C/N=C(/C)CC(C)C)C/N=C(\C)CC(C)C. The van der Waals surface area contributed by atoms with Gasteiger partial charge in [0.1, 0.15) is 0 Å². The predicted molar refractivity (Wildman–Crippen MR) is 114 cm³/mol. The Labute approximate surface area is 156 Å². The largest absolute Gasteiger partial charge is 0.279 e. The third-order valence-electron chi connectivity index (χ3n) is 3.73. The molecule has 0 aromatic carbocycles. The molecule has 0 bridgehead atoms. The molecule has 0 atom stereocenters. The van der Waals surface area contributed by atoms with Gasteiger partial charge in [-0.3, -0.25) is 15.0 Å². The van der Waals surface area contributed by atoms with Crippen LogP contribution in [0.1, 0.15) is 81.6 Å². The van der Waals surface area contributed by atoms with Crippen molar-refractivity contribution in [2.45, 2.75) is 81.6 Å². The second kappa shape index (κ2) is 13.2. The number of hydrogen-bond acceptors (Lipinski definition) is 4. The second-order valence-corrected chi connectivity index (χ2v) is 8.57. The van der Waals surface area contributed by atoms with Crippen molar-refractivity contribution < 1.29 is 0 Å². The molecule has 25 heavy (non-hydrogen) atoms. The molecular formula is C21H42N4. The summed E-state index contributed by atoms with van der Waals surface area (Å²) in [4.78, 5) is 16.5. The maximum absolute atomic E-state index is 4.75. The molecule has 0 aliphatic carbocycles. The van der Waals surface area contributed by atoms with Crippen molar-refractivity contribution in [3.05, 3.63) is 0 Å². The van der Waals surface area contributed by atoms with E-state index in [1.54, 1.807) is 0 Å². The Balaban J connectivity index is 4.86. The zero-order valence-corrected chi connectivity index (χ0v) is 18.3. The molecule has 0 saturated carbocycles. The van der Waals surface area contributed by atoms with Crippen LogP contribution < -0.4 is 0 Å². The first-order chi connectivity index (χ1) is 11.6. The minimum absolute atomic E-state index is 0.648. The summed E-state index contributed by atoms with van der Waals surface area (Å²) in [6, 6.07) is 0. The van der Waals surface area contributed by atoms with Crippen LogP contribution in [0.15, 0.2) is 15.0 Å². The first-order valence-corrected chi connectivity index (χ1v) is 9.82. The molecule has 0 aliphatic rings. The standard InChI is InChI=1S/C21H42N4/c1-16(2)10-19(7)22-13-25(14-23-20(8)11-17(3)4)15-24-21(9)12-18(5)6/h16-18H,10-15H2,1-9H3/b22-19-,23-20+,24-21?. The van der Waals surface area contributed by atoms with Gasteiger partial charge in [0.05, 0.1) is 20.0 Å². The highest BCUT2D eigenvalue weighted by molar-refractivity contribution is 5.83. The maximum atomic E-state index is 4.75. The van der Waals surface area contributed by atoms with Gasteiger partial charge in [0, 0.05) is 17.1 Å². The molecule has 0 aliphatic heterocycles. The molecular weight excluding hydrogens is 308 g/mol.